The predicted octanol–water partition coefficient (Wildman–Crippen LogP) is 0.815. The van der Waals surface area contributed by atoms with Crippen LogP contribution in [0.15, 0.2) is 28.7 Å². The van der Waals surface area contributed by atoms with Crippen LogP contribution in [-0.2, 0) is 4.79 Å². The number of β-amino-alcohol motifs (C(OH)–C–C–N with tert-alkyl or cyclic N) is 1. The average Bonchev–Trinajstić information content (AvgIpc) is 2.72. The fraction of sp³-hybridized carbons (Fsp3) is 0.462. The van der Waals surface area contributed by atoms with Gasteiger partial charge in [0.25, 0.3) is 0 Å². The number of hydrogen-bond donors (Lipinski definition) is 3. The molecule has 0 aromatic heterocycles. The van der Waals surface area contributed by atoms with E-state index in [9.17, 15) is 15.0 Å². The molecule has 0 saturated carbocycles. The zero-order valence-corrected chi connectivity index (χ0v) is 12.0. The van der Waals surface area contributed by atoms with Gasteiger partial charge in [0.15, 0.2) is 0 Å². The third kappa shape index (κ3) is 4.01. The van der Waals surface area contributed by atoms with Gasteiger partial charge in [-0.2, -0.15) is 0 Å². The van der Waals surface area contributed by atoms with Crippen molar-refractivity contribution >= 4 is 27.5 Å². The van der Waals surface area contributed by atoms with E-state index in [-0.39, 0.29) is 25.1 Å². The van der Waals surface area contributed by atoms with Crippen LogP contribution in [0.2, 0.25) is 0 Å². The minimum Gasteiger partial charge on any atom is -0.395 e. The van der Waals surface area contributed by atoms with E-state index < -0.39 is 6.10 Å². The summed E-state index contributed by atoms with van der Waals surface area (Å²) in [4.78, 5) is 13.7. The van der Waals surface area contributed by atoms with Crippen LogP contribution in [0.3, 0.4) is 0 Å². The Hall–Kier alpha value is -0.950. The van der Waals surface area contributed by atoms with Gasteiger partial charge in [0.2, 0.25) is 5.91 Å². The molecule has 1 aliphatic rings. The molecular formula is C13H17BrN2O3. The van der Waals surface area contributed by atoms with Crippen molar-refractivity contribution in [1.29, 1.82) is 0 Å². The molecule has 1 aromatic carbocycles. The first kappa shape index (κ1) is 14.5. The molecule has 1 amide bonds. The smallest absolute Gasteiger partial charge is 0.238 e. The highest BCUT2D eigenvalue weighted by Gasteiger charge is 2.31. The lowest BCUT2D eigenvalue weighted by Gasteiger charge is -2.21. The van der Waals surface area contributed by atoms with Gasteiger partial charge in [0.1, 0.15) is 0 Å². The second kappa shape index (κ2) is 6.47. The Morgan fingerprint density at radius 3 is 2.74 bits per heavy atom. The number of rotatable bonds is 4. The summed E-state index contributed by atoms with van der Waals surface area (Å²) in [5.74, 6) is -0.144. The molecule has 0 spiro atoms. The van der Waals surface area contributed by atoms with E-state index >= 15 is 0 Å². The number of amides is 1. The Balaban J connectivity index is 1.89. The van der Waals surface area contributed by atoms with Gasteiger partial charge < -0.3 is 15.5 Å². The number of likely N-dealkylation sites (tertiary alicyclic amines) is 1. The molecule has 0 aliphatic carbocycles. The van der Waals surface area contributed by atoms with Crippen molar-refractivity contribution in [3.8, 4) is 0 Å². The van der Waals surface area contributed by atoms with Gasteiger partial charge in [-0.15, -0.1) is 0 Å². The van der Waals surface area contributed by atoms with Crippen LogP contribution in [-0.4, -0.2) is 52.9 Å². The van der Waals surface area contributed by atoms with E-state index in [2.05, 4.69) is 21.2 Å². The molecule has 0 unspecified atom stereocenters. The van der Waals surface area contributed by atoms with Crippen LogP contribution in [0.4, 0.5) is 5.69 Å². The molecule has 3 N–H and O–H groups in total. The van der Waals surface area contributed by atoms with Crippen molar-refractivity contribution < 1.29 is 15.0 Å². The van der Waals surface area contributed by atoms with Crippen molar-refractivity contribution in [3.05, 3.63) is 28.7 Å². The van der Waals surface area contributed by atoms with Gasteiger partial charge in [0, 0.05) is 22.7 Å². The van der Waals surface area contributed by atoms with Crippen LogP contribution in [0.1, 0.15) is 6.42 Å². The number of hydrogen-bond acceptors (Lipinski definition) is 4. The number of aliphatic hydroxyl groups excluding tert-OH is 2. The lowest BCUT2D eigenvalue weighted by atomic mass is 10.2. The zero-order chi connectivity index (χ0) is 13.8. The topological polar surface area (TPSA) is 72.8 Å². The van der Waals surface area contributed by atoms with Crippen molar-refractivity contribution in [2.75, 3.05) is 25.0 Å². The Morgan fingerprint density at radius 2 is 2.11 bits per heavy atom. The van der Waals surface area contributed by atoms with Crippen LogP contribution < -0.4 is 5.32 Å². The van der Waals surface area contributed by atoms with Gasteiger partial charge in [-0.1, -0.05) is 15.9 Å². The van der Waals surface area contributed by atoms with Crippen LogP contribution in [0.5, 0.6) is 0 Å². The van der Waals surface area contributed by atoms with Gasteiger partial charge in [-0.3, -0.25) is 9.69 Å². The fourth-order valence-corrected chi connectivity index (χ4v) is 2.52. The minimum atomic E-state index is -0.461. The maximum absolute atomic E-state index is 11.9. The second-order valence-electron chi connectivity index (χ2n) is 4.71. The monoisotopic (exact) mass is 328 g/mol. The molecule has 0 radical (unpaired) electrons. The second-order valence-corrected chi connectivity index (χ2v) is 5.63. The number of nitrogens with one attached hydrogen (secondary N) is 1. The average molecular weight is 329 g/mol. The van der Waals surface area contributed by atoms with Gasteiger partial charge in [-0.25, -0.2) is 0 Å². The predicted molar refractivity (Wildman–Crippen MR) is 75.8 cm³/mol. The summed E-state index contributed by atoms with van der Waals surface area (Å²) in [5.41, 5.74) is 0.730. The van der Waals surface area contributed by atoms with E-state index in [0.717, 1.165) is 10.2 Å². The number of anilines is 1. The molecule has 0 bridgehead atoms. The van der Waals surface area contributed by atoms with Gasteiger partial charge in [-0.05, 0) is 30.7 Å². The van der Waals surface area contributed by atoms with Gasteiger partial charge >= 0.3 is 0 Å². The van der Waals surface area contributed by atoms with Crippen molar-refractivity contribution in [2.24, 2.45) is 0 Å². The standard InChI is InChI=1S/C13H17BrN2O3/c14-9-1-3-10(4-2-9)15-13(19)7-16-6-12(18)5-11(16)8-17/h1-4,11-12,17-18H,5-8H2,(H,15,19)/t11-,12-/m0/s1. The number of carbonyl (C=O) groups excluding carboxylic acids is 1. The molecule has 104 valence electrons. The largest absolute Gasteiger partial charge is 0.395 e. The highest BCUT2D eigenvalue weighted by Crippen LogP contribution is 2.18. The molecule has 1 heterocycles. The molecular weight excluding hydrogens is 312 g/mol. The number of halogens is 1. The first-order valence-corrected chi connectivity index (χ1v) is 6.96. The van der Waals surface area contributed by atoms with Crippen molar-refractivity contribution in [3.63, 3.8) is 0 Å². The third-order valence-corrected chi connectivity index (χ3v) is 3.72. The molecule has 1 saturated heterocycles. The first-order valence-electron chi connectivity index (χ1n) is 6.17. The fourth-order valence-electron chi connectivity index (χ4n) is 2.26. The zero-order valence-electron chi connectivity index (χ0n) is 10.4. The van der Waals surface area contributed by atoms with Crippen molar-refractivity contribution in [1.82, 2.24) is 4.90 Å². The Kier molecular flexibility index (Phi) is 4.93. The van der Waals surface area contributed by atoms with Crippen LogP contribution in [0, 0.1) is 0 Å². The number of nitrogens with zero attached hydrogens (tertiary/aromatic N) is 1. The minimum absolute atomic E-state index is 0.0391. The van der Waals surface area contributed by atoms with E-state index in [1.54, 1.807) is 4.90 Å². The summed E-state index contributed by atoms with van der Waals surface area (Å²) >= 11 is 3.33. The number of benzene rings is 1. The third-order valence-electron chi connectivity index (χ3n) is 3.19. The van der Waals surface area contributed by atoms with E-state index in [4.69, 9.17) is 0 Å². The van der Waals surface area contributed by atoms with E-state index in [0.29, 0.717) is 13.0 Å². The summed E-state index contributed by atoms with van der Waals surface area (Å²) < 4.78 is 0.952. The summed E-state index contributed by atoms with van der Waals surface area (Å²) in [5, 5.41) is 21.5. The van der Waals surface area contributed by atoms with Crippen LogP contribution >= 0.6 is 15.9 Å². The normalized spacial score (nSPS) is 23.5. The Morgan fingerprint density at radius 1 is 1.42 bits per heavy atom. The maximum atomic E-state index is 11.9. The molecule has 2 atom stereocenters. The molecule has 1 aromatic rings. The molecule has 19 heavy (non-hydrogen) atoms. The lowest BCUT2D eigenvalue weighted by Crippen LogP contribution is -2.38. The summed E-state index contributed by atoms with van der Waals surface area (Å²) in [7, 11) is 0. The maximum Gasteiger partial charge on any atom is 0.238 e. The SMILES string of the molecule is O=C(CN1C[C@@H](O)C[C@H]1CO)Nc1ccc(Br)cc1. The summed E-state index contributed by atoms with van der Waals surface area (Å²) in [6.07, 6.45) is 0.0554. The number of carbonyl (C=O) groups is 1. The van der Waals surface area contributed by atoms with E-state index in [1.165, 1.54) is 0 Å². The highest BCUT2D eigenvalue weighted by molar-refractivity contribution is 9.10. The molecule has 1 fully saturated rings. The Bertz CT molecular complexity index is 438. The summed E-state index contributed by atoms with van der Waals surface area (Å²) in [6.45, 7) is 0.569. The number of aliphatic hydroxyl groups is 2. The van der Waals surface area contributed by atoms with Crippen molar-refractivity contribution in [2.45, 2.75) is 18.6 Å². The Labute approximate surface area is 120 Å². The molecule has 5 nitrogen and oxygen atoms in total. The molecule has 6 heteroatoms. The quantitative estimate of drug-likeness (QED) is 0.765. The van der Waals surface area contributed by atoms with Crippen LogP contribution in [0.25, 0.3) is 0 Å². The van der Waals surface area contributed by atoms with E-state index in [1.807, 2.05) is 24.3 Å². The lowest BCUT2D eigenvalue weighted by molar-refractivity contribution is -0.117. The highest BCUT2D eigenvalue weighted by atomic mass is 79.9. The first-order chi connectivity index (χ1) is 9.08. The molecule has 2 rings (SSSR count). The summed E-state index contributed by atoms with van der Waals surface area (Å²) in [6, 6.07) is 7.19. The van der Waals surface area contributed by atoms with Gasteiger partial charge in [0.05, 0.1) is 19.3 Å². The molecule has 1 aliphatic heterocycles.